The van der Waals surface area contributed by atoms with E-state index in [1.807, 2.05) is 6.07 Å². The van der Waals surface area contributed by atoms with Crippen molar-refractivity contribution in [2.24, 2.45) is 0 Å². The van der Waals surface area contributed by atoms with Crippen LogP contribution in [0.2, 0.25) is 54.7 Å². The average Bonchev–Trinajstić information content (AvgIpc) is 3.77. The topological polar surface area (TPSA) is 143 Å². The molecule has 0 fully saturated rings. The van der Waals surface area contributed by atoms with Gasteiger partial charge in [-0.15, -0.1) is 18.3 Å². The molecule has 4 heterocycles. The lowest BCUT2D eigenvalue weighted by Gasteiger charge is -2.19. The van der Waals surface area contributed by atoms with Gasteiger partial charge in [0.25, 0.3) is 0 Å². The van der Waals surface area contributed by atoms with E-state index in [9.17, 15) is 9.59 Å². The Bertz CT molecular complexity index is 1810. The number of rotatable bonds is 15. The molecule has 0 spiro atoms. The van der Waals surface area contributed by atoms with Gasteiger partial charge in [-0.2, -0.15) is 5.10 Å². The van der Waals surface area contributed by atoms with E-state index in [0.717, 1.165) is 18.7 Å². The molecule has 4 rings (SSSR count). The lowest BCUT2D eigenvalue weighted by Crippen LogP contribution is -2.24. The highest BCUT2D eigenvalue weighted by molar-refractivity contribution is 6.83. The van der Waals surface area contributed by atoms with E-state index in [0.29, 0.717) is 31.5 Å². The number of aromatic amines is 1. The Labute approximate surface area is 328 Å². The van der Waals surface area contributed by atoms with Crippen LogP contribution in [-0.4, -0.2) is 84.5 Å². The van der Waals surface area contributed by atoms with Gasteiger partial charge in [-0.1, -0.05) is 84.5 Å². The minimum absolute atomic E-state index is 0.0611. The maximum absolute atomic E-state index is 11.8. The van der Waals surface area contributed by atoms with Crippen LogP contribution in [0.25, 0.3) is 5.82 Å². The molecule has 0 radical (unpaired) electrons. The Hall–Kier alpha value is -3.96. The summed E-state index contributed by atoms with van der Waals surface area (Å²) in [4.78, 5) is 30.9. The van der Waals surface area contributed by atoms with Crippen LogP contribution < -0.4 is 9.47 Å². The van der Waals surface area contributed by atoms with Gasteiger partial charge in [0, 0.05) is 18.3 Å². The van der Waals surface area contributed by atoms with Crippen molar-refractivity contribution in [3.63, 3.8) is 0 Å². The molecule has 0 amide bonds. The van der Waals surface area contributed by atoms with E-state index >= 15 is 0 Å². The highest BCUT2D eigenvalue weighted by atomic mass is 35.5. The number of halogens is 3. The van der Waals surface area contributed by atoms with Crippen molar-refractivity contribution in [2.75, 3.05) is 26.4 Å². The quantitative estimate of drug-likeness (QED) is 0.0700. The van der Waals surface area contributed by atoms with Gasteiger partial charge in [0.2, 0.25) is 11.8 Å². The highest BCUT2D eigenvalue weighted by Gasteiger charge is 2.19. The third-order valence-electron chi connectivity index (χ3n) is 7.35. The summed E-state index contributed by atoms with van der Waals surface area (Å²) in [7, 11) is -2.52. The molecule has 0 saturated carbocycles. The van der Waals surface area contributed by atoms with Gasteiger partial charge in [-0.05, 0) is 51.0 Å². The Morgan fingerprint density at radius 1 is 0.755 bits per heavy atom. The Kier molecular flexibility index (Phi) is 18.5. The predicted octanol–water partition coefficient (Wildman–Crippen LogP) is 9.48. The fraction of sp³-hybridized carbons (Fsp3) is 0.389. The van der Waals surface area contributed by atoms with Crippen LogP contribution in [0.3, 0.4) is 0 Å². The molecule has 0 aliphatic rings. The second-order valence-corrected chi connectivity index (χ2v) is 24.9. The van der Waals surface area contributed by atoms with Crippen LogP contribution in [0, 0.1) is 0 Å². The third-order valence-corrected chi connectivity index (χ3v) is 12.9. The van der Waals surface area contributed by atoms with Crippen LogP contribution >= 0.6 is 34.8 Å². The summed E-state index contributed by atoms with van der Waals surface area (Å²) in [5, 5.41) is 13.9. The molecule has 4 aromatic heterocycles. The zero-order chi connectivity index (χ0) is 39.8. The molecule has 17 heteroatoms. The van der Waals surface area contributed by atoms with Gasteiger partial charge in [-0.3, -0.25) is 0 Å². The van der Waals surface area contributed by atoms with Crippen LogP contribution in [0.4, 0.5) is 0 Å². The van der Waals surface area contributed by atoms with E-state index in [1.54, 1.807) is 49.1 Å². The second-order valence-electron chi connectivity index (χ2n) is 13.3. The third kappa shape index (κ3) is 15.9. The monoisotopic (exact) mass is 822 g/mol. The van der Waals surface area contributed by atoms with E-state index in [4.69, 9.17) is 53.8 Å². The van der Waals surface area contributed by atoms with Crippen LogP contribution in [0.5, 0.6) is 11.8 Å². The van der Waals surface area contributed by atoms with Gasteiger partial charge >= 0.3 is 11.9 Å². The largest absolute Gasteiger partial charge is 0.478 e. The first-order valence-corrected chi connectivity index (χ1v) is 25.0. The SMILES string of the molecule is C=C(CCOc1ccn(-c2ccc(C(=O)OCC)c(Cl)n2)n1)[Si](C)(C)C.C=C(CCOc1ccn[nH]1)[Si](C)(C)C.CCOC(=O)c1ccc(Cl)nc1Cl. The molecule has 1 N–H and O–H groups in total. The predicted molar refractivity (Wildman–Crippen MR) is 216 cm³/mol. The highest BCUT2D eigenvalue weighted by Crippen LogP contribution is 2.21. The van der Waals surface area contributed by atoms with Crippen molar-refractivity contribution >= 4 is 62.9 Å². The maximum atomic E-state index is 11.8. The number of H-pyrrole nitrogens is 1. The molecule has 288 valence electrons. The van der Waals surface area contributed by atoms with Crippen molar-refractivity contribution in [3.05, 3.63) is 98.9 Å². The zero-order valence-corrected chi connectivity index (χ0v) is 35.9. The smallest absolute Gasteiger partial charge is 0.341 e. The standard InChI is InChI=1S/C18H24ClN3O3Si.C10H18N2OSi.C8H7Cl2NO2/c1-6-24-18(23)14-7-8-15(20-17(14)19)22-11-9-16(21-22)25-12-10-13(2)26(3,4)5;1-9(14(2,3)4)6-8-13-10-5-7-11-12-10;1-2-13-8(12)5-3-4-6(9)11-7(5)10/h7-9,11H,2,6,10,12H2,1,3-5H3;5,7H,1,6,8H2,2-4H3,(H,11,12);3-4H,2H2,1H3. The fourth-order valence-corrected chi connectivity index (χ4v) is 6.19. The van der Waals surface area contributed by atoms with Crippen molar-refractivity contribution in [2.45, 2.75) is 66.0 Å². The van der Waals surface area contributed by atoms with Crippen molar-refractivity contribution in [1.29, 1.82) is 0 Å². The molecular formula is C36H49Cl3N6O6Si2. The van der Waals surface area contributed by atoms with Crippen LogP contribution in [0.15, 0.2) is 72.3 Å². The number of carbonyl (C=O) groups excluding carboxylic acids is 2. The minimum Gasteiger partial charge on any atom is -0.478 e. The fourth-order valence-electron chi connectivity index (χ4n) is 3.83. The number of nitrogens with one attached hydrogen (secondary N) is 1. The molecule has 0 aliphatic heterocycles. The van der Waals surface area contributed by atoms with E-state index < -0.39 is 28.1 Å². The van der Waals surface area contributed by atoms with E-state index in [2.05, 4.69) is 77.7 Å². The van der Waals surface area contributed by atoms with Crippen molar-refractivity contribution in [1.82, 2.24) is 29.9 Å². The molecule has 0 atom stereocenters. The van der Waals surface area contributed by atoms with Gasteiger partial charge in [-0.25, -0.2) is 29.3 Å². The van der Waals surface area contributed by atoms with Gasteiger partial charge in [0.05, 0.1) is 59.9 Å². The van der Waals surface area contributed by atoms with E-state index in [1.165, 1.54) is 22.5 Å². The summed E-state index contributed by atoms with van der Waals surface area (Å²) in [5.74, 6) is 0.735. The van der Waals surface area contributed by atoms with Crippen LogP contribution in [-0.2, 0) is 9.47 Å². The first kappa shape index (κ1) is 45.2. The number of aromatic nitrogens is 6. The number of ether oxygens (including phenoxy) is 4. The number of carbonyl (C=O) groups is 2. The van der Waals surface area contributed by atoms with Gasteiger partial charge in [0.1, 0.15) is 15.5 Å². The summed E-state index contributed by atoms with van der Waals surface area (Å²) in [5.41, 5.74) is 0.457. The molecule has 53 heavy (non-hydrogen) atoms. The number of hydrogen-bond acceptors (Lipinski definition) is 10. The molecule has 0 unspecified atom stereocenters. The normalized spacial score (nSPS) is 10.9. The molecule has 0 aromatic carbocycles. The number of esters is 2. The van der Waals surface area contributed by atoms with E-state index in [-0.39, 0.29) is 33.2 Å². The number of nitrogens with zero attached hydrogens (tertiary/aromatic N) is 5. The Morgan fingerprint density at radius 2 is 1.28 bits per heavy atom. The van der Waals surface area contributed by atoms with Gasteiger partial charge in [0.15, 0.2) is 5.82 Å². The second kappa shape index (κ2) is 21.7. The molecular weight excluding hydrogens is 775 g/mol. The number of pyridine rings is 2. The van der Waals surface area contributed by atoms with Crippen molar-refractivity contribution in [3.8, 4) is 17.6 Å². The maximum Gasteiger partial charge on any atom is 0.341 e. The summed E-state index contributed by atoms with van der Waals surface area (Å²) in [6.45, 7) is 27.2. The Morgan fingerprint density at radius 3 is 1.75 bits per heavy atom. The lowest BCUT2D eigenvalue weighted by molar-refractivity contribution is 0.0516. The van der Waals surface area contributed by atoms with Gasteiger partial charge < -0.3 is 18.9 Å². The summed E-state index contributed by atoms with van der Waals surface area (Å²) < 4.78 is 22.4. The molecule has 12 nitrogen and oxygen atoms in total. The zero-order valence-electron chi connectivity index (χ0n) is 31.6. The lowest BCUT2D eigenvalue weighted by atomic mass is 10.3. The Balaban J connectivity index is 0.000000303. The van der Waals surface area contributed by atoms with Crippen LogP contribution in [0.1, 0.15) is 47.4 Å². The molecule has 0 aliphatic carbocycles. The molecule has 0 saturated heterocycles. The number of hydrogen-bond donors (Lipinski definition) is 1. The minimum atomic E-state index is -1.34. The molecule has 0 bridgehead atoms. The summed E-state index contributed by atoms with van der Waals surface area (Å²) in [6, 6.07) is 9.77. The van der Waals surface area contributed by atoms with Crippen molar-refractivity contribution < 1.29 is 28.5 Å². The summed E-state index contributed by atoms with van der Waals surface area (Å²) >= 11 is 17.3. The first-order chi connectivity index (χ1) is 24.9. The first-order valence-electron chi connectivity index (χ1n) is 16.9. The average molecular weight is 824 g/mol. The summed E-state index contributed by atoms with van der Waals surface area (Å²) in [6.07, 6.45) is 5.17. The molecule has 4 aromatic rings.